The van der Waals surface area contributed by atoms with E-state index in [4.69, 9.17) is 19.9 Å². The highest BCUT2D eigenvalue weighted by molar-refractivity contribution is 5.51. The highest BCUT2D eigenvalue weighted by atomic mass is 16.5. The van der Waals surface area contributed by atoms with E-state index in [2.05, 4.69) is 18.8 Å². The first-order chi connectivity index (χ1) is 10.6. The Bertz CT molecular complexity index is 461. The van der Waals surface area contributed by atoms with Crippen molar-refractivity contribution in [3.8, 4) is 11.5 Å². The lowest BCUT2D eigenvalue weighted by Crippen LogP contribution is -2.17. The molecule has 5 heteroatoms. The van der Waals surface area contributed by atoms with Crippen LogP contribution >= 0.6 is 0 Å². The number of ether oxygens (including phenoxy) is 3. The Morgan fingerprint density at radius 3 is 2.55 bits per heavy atom. The molecule has 0 aliphatic heterocycles. The van der Waals surface area contributed by atoms with Crippen molar-refractivity contribution in [3.63, 3.8) is 0 Å². The summed E-state index contributed by atoms with van der Waals surface area (Å²) in [5, 5.41) is 0. The third-order valence-electron chi connectivity index (χ3n) is 3.47. The predicted molar refractivity (Wildman–Crippen MR) is 90.0 cm³/mol. The SMILES string of the molecule is COCCCOc1cc(CC(N=CN)C(C)C)ccc1OC. The second kappa shape index (κ2) is 10.1. The van der Waals surface area contributed by atoms with Crippen LogP contribution in [0.15, 0.2) is 23.2 Å². The molecule has 0 spiro atoms. The molecule has 0 aromatic heterocycles. The molecule has 0 heterocycles. The number of rotatable bonds is 10. The Hall–Kier alpha value is -1.75. The second-order valence-electron chi connectivity index (χ2n) is 5.49. The van der Waals surface area contributed by atoms with Crippen LogP contribution in [0.5, 0.6) is 11.5 Å². The third kappa shape index (κ3) is 5.93. The van der Waals surface area contributed by atoms with Crippen LogP contribution in [0.4, 0.5) is 0 Å². The van der Waals surface area contributed by atoms with E-state index < -0.39 is 0 Å². The molecule has 0 bridgehead atoms. The van der Waals surface area contributed by atoms with Gasteiger partial charge in [-0.1, -0.05) is 19.9 Å². The van der Waals surface area contributed by atoms with Crippen LogP contribution in [-0.2, 0) is 11.2 Å². The summed E-state index contributed by atoms with van der Waals surface area (Å²) in [7, 11) is 3.33. The van der Waals surface area contributed by atoms with E-state index in [1.54, 1.807) is 14.2 Å². The van der Waals surface area contributed by atoms with Crippen molar-refractivity contribution < 1.29 is 14.2 Å². The quantitative estimate of drug-likeness (QED) is 0.410. The summed E-state index contributed by atoms with van der Waals surface area (Å²) in [4.78, 5) is 4.34. The lowest BCUT2D eigenvalue weighted by atomic mass is 9.97. The van der Waals surface area contributed by atoms with Crippen LogP contribution in [0.1, 0.15) is 25.8 Å². The summed E-state index contributed by atoms with van der Waals surface area (Å²) in [5.74, 6) is 1.92. The first-order valence-electron chi connectivity index (χ1n) is 7.64. The Labute approximate surface area is 133 Å². The highest BCUT2D eigenvalue weighted by Gasteiger charge is 2.14. The van der Waals surface area contributed by atoms with Crippen molar-refractivity contribution >= 4 is 6.34 Å². The van der Waals surface area contributed by atoms with Gasteiger partial charge in [0.05, 0.1) is 26.1 Å². The van der Waals surface area contributed by atoms with Gasteiger partial charge in [-0.2, -0.15) is 0 Å². The molecule has 0 saturated carbocycles. The largest absolute Gasteiger partial charge is 0.493 e. The minimum atomic E-state index is 0.166. The van der Waals surface area contributed by atoms with Crippen molar-refractivity contribution in [2.75, 3.05) is 27.4 Å². The minimum Gasteiger partial charge on any atom is -0.493 e. The van der Waals surface area contributed by atoms with Crippen LogP contribution < -0.4 is 15.2 Å². The van der Waals surface area contributed by atoms with E-state index in [0.29, 0.717) is 19.1 Å². The summed E-state index contributed by atoms with van der Waals surface area (Å²) in [5.41, 5.74) is 6.60. The summed E-state index contributed by atoms with van der Waals surface area (Å²) >= 11 is 0. The molecule has 1 rings (SSSR count). The minimum absolute atomic E-state index is 0.166. The molecule has 1 atom stereocenters. The molecule has 22 heavy (non-hydrogen) atoms. The lowest BCUT2D eigenvalue weighted by Gasteiger charge is -2.17. The Kier molecular flexibility index (Phi) is 8.36. The topological polar surface area (TPSA) is 66.1 Å². The Morgan fingerprint density at radius 2 is 1.95 bits per heavy atom. The van der Waals surface area contributed by atoms with Gasteiger partial charge < -0.3 is 19.9 Å². The van der Waals surface area contributed by atoms with Gasteiger partial charge in [-0.3, -0.25) is 4.99 Å². The van der Waals surface area contributed by atoms with Gasteiger partial charge in [0.2, 0.25) is 0 Å². The fraction of sp³-hybridized carbons (Fsp3) is 0.588. The van der Waals surface area contributed by atoms with Gasteiger partial charge in [-0.05, 0) is 30.0 Å². The molecular weight excluding hydrogens is 280 g/mol. The van der Waals surface area contributed by atoms with Crippen LogP contribution in [-0.4, -0.2) is 39.8 Å². The van der Waals surface area contributed by atoms with E-state index in [-0.39, 0.29) is 6.04 Å². The molecule has 1 unspecified atom stereocenters. The summed E-state index contributed by atoms with van der Waals surface area (Å²) < 4.78 is 16.2. The van der Waals surface area contributed by atoms with Gasteiger partial charge in [0, 0.05) is 20.1 Å². The number of aliphatic imine (C=N–C) groups is 1. The zero-order chi connectivity index (χ0) is 16.4. The molecular formula is C17H28N2O3. The maximum Gasteiger partial charge on any atom is 0.161 e. The van der Waals surface area contributed by atoms with Crippen molar-refractivity contribution in [2.24, 2.45) is 16.6 Å². The molecule has 0 fully saturated rings. The smallest absolute Gasteiger partial charge is 0.161 e. The van der Waals surface area contributed by atoms with E-state index in [9.17, 15) is 0 Å². The van der Waals surface area contributed by atoms with Gasteiger partial charge in [-0.25, -0.2) is 0 Å². The normalized spacial score (nSPS) is 12.8. The zero-order valence-electron chi connectivity index (χ0n) is 14.0. The number of hydrogen-bond donors (Lipinski definition) is 1. The van der Waals surface area contributed by atoms with E-state index >= 15 is 0 Å². The molecule has 124 valence electrons. The van der Waals surface area contributed by atoms with Crippen molar-refractivity contribution in [1.29, 1.82) is 0 Å². The van der Waals surface area contributed by atoms with Gasteiger partial charge in [0.15, 0.2) is 11.5 Å². The van der Waals surface area contributed by atoms with Gasteiger partial charge in [0.1, 0.15) is 0 Å². The molecule has 0 radical (unpaired) electrons. The fourth-order valence-electron chi connectivity index (χ4n) is 2.16. The molecule has 2 N–H and O–H groups in total. The first-order valence-corrected chi connectivity index (χ1v) is 7.64. The summed E-state index contributed by atoms with van der Waals surface area (Å²) in [6.07, 6.45) is 3.05. The molecule has 1 aromatic rings. The number of nitrogens with two attached hydrogens (primary N) is 1. The maximum atomic E-state index is 5.80. The molecule has 0 aliphatic rings. The molecule has 0 amide bonds. The van der Waals surface area contributed by atoms with Crippen molar-refractivity contribution in [2.45, 2.75) is 32.7 Å². The van der Waals surface area contributed by atoms with Crippen LogP contribution in [0.3, 0.4) is 0 Å². The number of nitrogens with zero attached hydrogens (tertiary/aromatic N) is 1. The highest BCUT2D eigenvalue weighted by Crippen LogP contribution is 2.29. The van der Waals surface area contributed by atoms with Crippen molar-refractivity contribution in [1.82, 2.24) is 0 Å². The Balaban J connectivity index is 2.79. The zero-order valence-corrected chi connectivity index (χ0v) is 14.0. The van der Waals surface area contributed by atoms with Crippen LogP contribution in [0.25, 0.3) is 0 Å². The second-order valence-corrected chi connectivity index (χ2v) is 5.49. The average molecular weight is 308 g/mol. The van der Waals surface area contributed by atoms with Gasteiger partial charge >= 0.3 is 0 Å². The van der Waals surface area contributed by atoms with E-state index in [1.807, 2.05) is 18.2 Å². The van der Waals surface area contributed by atoms with Crippen LogP contribution in [0.2, 0.25) is 0 Å². The average Bonchev–Trinajstić information content (AvgIpc) is 2.51. The third-order valence-corrected chi connectivity index (χ3v) is 3.47. The fourth-order valence-corrected chi connectivity index (χ4v) is 2.16. The summed E-state index contributed by atoms with van der Waals surface area (Å²) in [6.45, 7) is 5.57. The van der Waals surface area contributed by atoms with Crippen LogP contribution in [0, 0.1) is 5.92 Å². The molecule has 0 aliphatic carbocycles. The van der Waals surface area contributed by atoms with E-state index in [0.717, 1.165) is 29.9 Å². The number of methoxy groups -OCH3 is 2. The number of benzene rings is 1. The van der Waals surface area contributed by atoms with Gasteiger partial charge in [-0.15, -0.1) is 0 Å². The molecule has 0 saturated heterocycles. The predicted octanol–water partition coefficient (Wildman–Crippen LogP) is 2.66. The molecule has 1 aromatic carbocycles. The molecule has 5 nitrogen and oxygen atoms in total. The lowest BCUT2D eigenvalue weighted by molar-refractivity contribution is 0.170. The van der Waals surface area contributed by atoms with Crippen molar-refractivity contribution in [3.05, 3.63) is 23.8 Å². The monoisotopic (exact) mass is 308 g/mol. The number of hydrogen-bond acceptors (Lipinski definition) is 4. The van der Waals surface area contributed by atoms with Gasteiger partial charge in [0.25, 0.3) is 0 Å². The Morgan fingerprint density at radius 1 is 1.18 bits per heavy atom. The summed E-state index contributed by atoms with van der Waals surface area (Å²) in [6, 6.07) is 6.17. The van der Waals surface area contributed by atoms with E-state index in [1.165, 1.54) is 6.34 Å². The standard InChI is InChI=1S/C17H28N2O3/c1-13(2)15(19-12-18)10-14-6-7-16(21-4)17(11-14)22-9-5-8-20-3/h6-7,11-13,15H,5,8-10H2,1-4H3,(H2,18,19). The first kappa shape index (κ1) is 18.3. The maximum absolute atomic E-state index is 5.80.